The highest BCUT2D eigenvalue weighted by molar-refractivity contribution is 6.01. The van der Waals surface area contributed by atoms with Gasteiger partial charge in [0, 0.05) is 6.42 Å². The molecule has 0 aliphatic heterocycles. The lowest BCUT2D eigenvalue weighted by atomic mass is 10.0. The Morgan fingerprint density at radius 2 is 1.25 bits per heavy atom. The Labute approximate surface area is 170 Å². The zero-order valence-electron chi connectivity index (χ0n) is 17.5. The van der Waals surface area contributed by atoms with E-state index in [2.05, 4.69) is 6.92 Å². The predicted molar refractivity (Wildman–Crippen MR) is 114 cm³/mol. The van der Waals surface area contributed by atoms with Crippen molar-refractivity contribution in [1.29, 1.82) is 0 Å². The third-order valence-electron chi connectivity index (χ3n) is 5.04. The normalized spacial score (nSPS) is 11.9. The number of Topliss-reactive ketones (excluding diaryl/α,β-unsaturated/α-hetero) is 1. The number of carboxylic acids is 1. The molecule has 0 radical (unpaired) electrons. The fourth-order valence-corrected chi connectivity index (χ4v) is 3.34. The molecule has 0 saturated carbocycles. The van der Waals surface area contributed by atoms with Gasteiger partial charge in [0.25, 0.3) is 6.10 Å². The van der Waals surface area contributed by atoms with E-state index in [-0.39, 0.29) is 12.2 Å². The number of unbranched alkanes of at least 4 members (excludes halogenated alkanes) is 12. The second kappa shape index (κ2) is 16.1. The van der Waals surface area contributed by atoms with E-state index >= 15 is 0 Å². The van der Waals surface area contributed by atoms with Crippen molar-refractivity contribution >= 4 is 11.8 Å². The molecular weight excluding hydrogens is 352 g/mol. The van der Waals surface area contributed by atoms with Crippen LogP contribution in [0.5, 0.6) is 5.75 Å². The van der Waals surface area contributed by atoms with Crippen LogP contribution in [-0.2, 0) is 9.59 Å². The Morgan fingerprint density at radius 1 is 0.786 bits per heavy atom. The smallest absolute Gasteiger partial charge is 0.352 e. The molecule has 0 amide bonds. The second-order valence-electron chi connectivity index (χ2n) is 7.61. The van der Waals surface area contributed by atoms with Gasteiger partial charge in [-0.25, -0.2) is 4.79 Å². The van der Waals surface area contributed by atoms with Crippen LogP contribution in [-0.4, -0.2) is 23.0 Å². The number of carbonyl (C=O) groups excluding carboxylic acids is 1. The molecule has 1 N–H and O–H groups in total. The monoisotopic (exact) mass is 390 g/mol. The van der Waals surface area contributed by atoms with E-state index in [1.165, 1.54) is 64.2 Å². The molecule has 1 atom stereocenters. The average molecular weight is 391 g/mol. The fraction of sp³-hybridized carbons (Fsp3) is 0.667. The quantitative estimate of drug-likeness (QED) is 0.227. The minimum Gasteiger partial charge on any atom is -0.478 e. The van der Waals surface area contributed by atoms with Crippen LogP contribution in [0.15, 0.2) is 30.3 Å². The van der Waals surface area contributed by atoms with Gasteiger partial charge in [0.05, 0.1) is 0 Å². The number of rotatable bonds is 18. The summed E-state index contributed by atoms with van der Waals surface area (Å²) in [6, 6.07) is 8.65. The van der Waals surface area contributed by atoms with Gasteiger partial charge in [0.15, 0.2) is 5.78 Å². The summed E-state index contributed by atoms with van der Waals surface area (Å²) in [5, 5.41) is 9.26. The van der Waals surface area contributed by atoms with Gasteiger partial charge in [-0.05, 0) is 18.6 Å². The van der Waals surface area contributed by atoms with Gasteiger partial charge in [-0.15, -0.1) is 0 Å². The first-order valence-corrected chi connectivity index (χ1v) is 11.1. The Bertz CT molecular complexity index is 527. The molecule has 28 heavy (non-hydrogen) atoms. The SMILES string of the molecule is CCCCCCCCCCCCCCCC(=O)C(Oc1ccccc1)C(=O)O. The molecule has 0 aliphatic carbocycles. The molecule has 0 saturated heterocycles. The Hall–Kier alpha value is -1.84. The number of ether oxygens (including phenoxy) is 1. The summed E-state index contributed by atoms with van der Waals surface area (Å²) in [6.07, 6.45) is 15.0. The summed E-state index contributed by atoms with van der Waals surface area (Å²) in [5.74, 6) is -1.16. The molecule has 1 aromatic carbocycles. The molecule has 158 valence electrons. The maximum absolute atomic E-state index is 12.2. The third kappa shape index (κ3) is 11.8. The van der Waals surface area contributed by atoms with Gasteiger partial charge in [0.1, 0.15) is 5.75 Å². The number of benzene rings is 1. The van der Waals surface area contributed by atoms with Crippen molar-refractivity contribution in [2.45, 2.75) is 103 Å². The van der Waals surface area contributed by atoms with E-state index in [9.17, 15) is 14.7 Å². The Morgan fingerprint density at radius 3 is 1.71 bits per heavy atom. The summed E-state index contributed by atoms with van der Waals surface area (Å²) >= 11 is 0. The molecule has 0 fully saturated rings. The van der Waals surface area contributed by atoms with Crippen LogP contribution in [0.4, 0.5) is 0 Å². The number of carboxylic acid groups (broad SMARTS) is 1. The highest BCUT2D eigenvalue weighted by Crippen LogP contribution is 2.15. The Balaban J connectivity index is 2.03. The molecule has 0 bridgehead atoms. The minimum absolute atomic E-state index is 0.265. The summed E-state index contributed by atoms with van der Waals surface area (Å²) in [4.78, 5) is 23.5. The second-order valence-corrected chi connectivity index (χ2v) is 7.61. The lowest BCUT2D eigenvalue weighted by molar-refractivity contribution is -0.150. The van der Waals surface area contributed by atoms with Gasteiger partial charge >= 0.3 is 5.97 Å². The number of hydrogen-bond acceptors (Lipinski definition) is 3. The zero-order chi connectivity index (χ0) is 20.5. The number of para-hydroxylation sites is 1. The van der Waals surface area contributed by atoms with Crippen LogP contribution in [0.1, 0.15) is 96.8 Å². The van der Waals surface area contributed by atoms with E-state index < -0.39 is 12.1 Å². The zero-order valence-corrected chi connectivity index (χ0v) is 17.5. The highest BCUT2D eigenvalue weighted by Gasteiger charge is 2.27. The predicted octanol–water partition coefficient (Wildman–Crippen LogP) is 6.57. The van der Waals surface area contributed by atoms with Crippen LogP contribution in [0, 0.1) is 0 Å². The standard InChI is InChI=1S/C24H38O4/c1-2-3-4-5-6-7-8-9-10-11-12-13-17-20-22(25)23(24(26)27)28-21-18-15-14-16-19-21/h14-16,18-19,23H,2-13,17,20H2,1H3,(H,26,27). The average Bonchev–Trinajstić information content (AvgIpc) is 2.70. The maximum Gasteiger partial charge on any atom is 0.352 e. The van der Waals surface area contributed by atoms with Crippen molar-refractivity contribution in [2.75, 3.05) is 0 Å². The van der Waals surface area contributed by atoms with Gasteiger partial charge in [-0.1, -0.05) is 102 Å². The van der Waals surface area contributed by atoms with Gasteiger partial charge in [0.2, 0.25) is 0 Å². The van der Waals surface area contributed by atoms with Crippen molar-refractivity contribution in [3.8, 4) is 5.75 Å². The molecule has 4 heteroatoms. The van der Waals surface area contributed by atoms with Gasteiger partial charge in [-0.3, -0.25) is 4.79 Å². The maximum atomic E-state index is 12.2. The topological polar surface area (TPSA) is 63.6 Å². The molecule has 4 nitrogen and oxygen atoms in total. The van der Waals surface area contributed by atoms with Gasteiger partial charge < -0.3 is 9.84 Å². The minimum atomic E-state index is -1.40. The van der Waals surface area contributed by atoms with Crippen LogP contribution in [0.25, 0.3) is 0 Å². The molecular formula is C24H38O4. The summed E-state index contributed by atoms with van der Waals surface area (Å²) in [5.41, 5.74) is 0. The first-order chi connectivity index (χ1) is 13.6. The van der Waals surface area contributed by atoms with E-state index in [1.54, 1.807) is 24.3 Å². The fourth-order valence-electron chi connectivity index (χ4n) is 3.34. The molecule has 0 aliphatic rings. The third-order valence-corrected chi connectivity index (χ3v) is 5.04. The first-order valence-electron chi connectivity index (χ1n) is 11.1. The van der Waals surface area contributed by atoms with Crippen LogP contribution < -0.4 is 4.74 Å². The number of aliphatic carboxylic acids is 1. The largest absolute Gasteiger partial charge is 0.478 e. The molecule has 0 aromatic heterocycles. The molecule has 0 spiro atoms. The van der Waals surface area contributed by atoms with Crippen LogP contribution in [0.3, 0.4) is 0 Å². The summed E-state index contributed by atoms with van der Waals surface area (Å²) in [7, 11) is 0. The van der Waals surface area contributed by atoms with Crippen molar-refractivity contribution in [3.63, 3.8) is 0 Å². The van der Waals surface area contributed by atoms with Crippen molar-refractivity contribution in [3.05, 3.63) is 30.3 Å². The molecule has 1 rings (SSSR count). The summed E-state index contributed by atoms with van der Waals surface area (Å²) < 4.78 is 5.35. The lowest BCUT2D eigenvalue weighted by Gasteiger charge is -2.14. The molecule has 1 unspecified atom stereocenters. The van der Waals surface area contributed by atoms with E-state index in [1.807, 2.05) is 6.07 Å². The van der Waals surface area contributed by atoms with Crippen molar-refractivity contribution < 1.29 is 19.4 Å². The van der Waals surface area contributed by atoms with Crippen LogP contribution in [0.2, 0.25) is 0 Å². The number of hydrogen-bond donors (Lipinski definition) is 1. The summed E-state index contributed by atoms with van der Waals surface area (Å²) in [6.45, 7) is 2.25. The number of ketones is 1. The molecule has 1 aromatic rings. The van der Waals surface area contributed by atoms with E-state index in [0.29, 0.717) is 5.75 Å². The highest BCUT2D eigenvalue weighted by atomic mass is 16.5. The Kier molecular flexibility index (Phi) is 14.0. The first kappa shape index (κ1) is 24.2. The molecule has 0 heterocycles. The van der Waals surface area contributed by atoms with Crippen LogP contribution >= 0.6 is 0 Å². The van der Waals surface area contributed by atoms with Crippen molar-refractivity contribution in [2.24, 2.45) is 0 Å². The van der Waals surface area contributed by atoms with E-state index in [0.717, 1.165) is 19.3 Å². The van der Waals surface area contributed by atoms with Gasteiger partial charge in [-0.2, -0.15) is 0 Å². The van der Waals surface area contributed by atoms with E-state index in [4.69, 9.17) is 4.74 Å². The van der Waals surface area contributed by atoms with Crippen molar-refractivity contribution in [1.82, 2.24) is 0 Å². The lowest BCUT2D eigenvalue weighted by Crippen LogP contribution is -2.35. The number of carbonyl (C=O) groups is 2.